The Hall–Kier alpha value is -5.90. The Morgan fingerprint density at radius 3 is 1.85 bits per heavy atom. The number of nitrogens with zero attached hydrogens (tertiary/aromatic N) is 4. The van der Waals surface area contributed by atoms with E-state index in [4.69, 9.17) is 9.72 Å². The molecule has 6 aromatic carbocycles. The summed E-state index contributed by atoms with van der Waals surface area (Å²) in [5.74, 6) is 2.05. The summed E-state index contributed by atoms with van der Waals surface area (Å²) in [7, 11) is 0. The van der Waals surface area contributed by atoms with Gasteiger partial charge in [0.15, 0.2) is 0 Å². The van der Waals surface area contributed by atoms with Crippen LogP contribution in [0.3, 0.4) is 0 Å². The Morgan fingerprint density at radius 2 is 1.15 bits per heavy atom. The average Bonchev–Trinajstić information content (AvgIpc) is 3.89. The molecule has 0 atom stereocenters. The summed E-state index contributed by atoms with van der Waals surface area (Å²) in [4.78, 5) is 9.26. The van der Waals surface area contributed by atoms with E-state index in [0.717, 1.165) is 50.1 Å². The smallest absolute Gasteiger partial charge is 0.135 e. The van der Waals surface area contributed by atoms with Crippen LogP contribution in [0, 0.1) is 18.8 Å². The van der Waals surface area contributed by atoms with Crippen LogP contribution in [0.4, 0.5) is 11.4 Å². The second kappa shape index (κ2) is 17.1. The summed E-state index contributed by atoms with van der Waals surface area (Å²) in [6.07, 6.45) is 6.13. The van der Waals surface area contributed by atoms with Gasteiger partial charge in [0, 0.05) is 55.4 Å². The molecule has 9 rings (SSSR count). The number of anilines is 2. The van der Waals surface area contributed by atoms with Gasteiger partial charge in [0.1, 0.15) is 5.82 Å². The molecule has 0 fully saturated rings. The third-order valence-electron chi connectivity index (χ3n) is 12.7. The monoisotopic (exact) mass is 1030 g/mol. The molecule has 0 radical (unpaired) electrons. The topological polar surface area (TPSA) is 33.5 Å². The van der Waals surface area contributed by atoms with Gasteiger partial charge in [0.25, 0.3) is 0 Å². The van der Waals surface area contributed by atoms with Crippen molar-refractivity contribution in [3.8, 4) is 28.4 Å². The van der Waals surface area contributed by atoms with Crippen molar-refractivity contribution in [3.05, 3.63) is 199 Å². The van der Waals surface area contributed by atoms with Gasteiger partial charge in [-0.1, -0.05) is 161 Å². The Balaban J connectivity index is 0.00000576. The zero-order valence-electron chi connectivity index (χ0n) is 39.5. The van der Waals surface area contributed by atoms with Crippen molar-refractivity contribution in [2.75, 3.05) is 9.80 Å². The maximum Gasteiger partial charge on any atom is 0.135 e. The molecule has 2 aromatic heterocycles. The van der Waals surface area contributed by atoms with Crippen molar-refractivity contribution < 1.29 is 25.8 Å². The summed E-state index contributed by atoms with van der Waals surface area (Å²) in [6.45, 7) is 27.1. The van der Waals surface area contributed by atoms with Crippen molar-refractivity contribution in [1.29, 1.82) is 0 Å². The first-order chi connectivity index (χ1) is 30.3. The van der Waals surface area contributed by atoms with E-state index < -0.39 is 0 Å². The number of aromatic nitrogens is 2. The molecule has 0 bridgehead atoms. The van der Waals surface area contributed by atoms with Gasteiger partial charge in [-0.25, -0.2) is 4.98 Å². The summed E-state index contributed by atoms with van der Waals surface area (Å²) >= 11 is 0. The first-order valence-electron chi connectivity index (χ1n) is 22.4. The van der Waals surface area contributed by atoms with E-state index in [1.807, 2.05) is 18.3 Å². The Morgan fingerprint density at radius 1 is 0.508 bits per heavy atom. The molecule has 8 aromatic rings. The van der Waals surface area contributed by atoms with Crippen molar-refractivity contribution in [3.63, 3.8) is 0 Å². The molecule has 0 saturated heterocycles. The number of rotatable bonds is 8. The fourth-order valence-corrected chi connectivity index (χ4v) is 8.56. The molecule has 65 heavy (non-hydrogen) atoms. The van der Waals surface area contributed by atoms with Crippen LogP contribution in [0.2, 0.25) is 0 Å². The standard InChI is InChI=1S/C59H59N4O.Pt/c1-56(2,3)43-22-25-53-52(35-43)51-24-23-49(38-54(51)63(53)55-36-44(26-27-60-55)57(4,5)6)64-50-31-41(40-18-14-12-15-19-40)30-47(37-50)61-28-29-62(39-61)48-33-45(58(7,8)9)32-46(34-48)59(10,11)42-20-16-13-17-21-42;/h12-36,39H,1-11H3;/q-3;. The van der Waals surface area contributed by atoms with E-state index in [0.29, 0.717) is 11.5 Å². The minimum atomic E-state index is -0.193. The maximum absolute atomic E-state index is 6.83. The Labute approximate surface area is 401 Å². The van der Waals surface area contributed by atoms with Gasteiger partial charge in [0.2, 0.25) is 0 Å². The van der Waals surface area contributed by atoms with Gasteiger partial charge >= 0.3 is 0 Å². The van der Waals surface area contributed by atoms with E-state index >= 15 is 0 Å². The molecule has 0 aliphatic carbocycles. The third kappa shape index (κ3) is 9.18. The van der Waals surface area contributed by atoms with Crippen LogP contribution in [-0.2, 0) is 42.7 Å². The fourth-order valence-electron chi connectivity index (χ4n) is 8.56. The third-order valence-corrected chi connectivity index (χ3v) is 12.7. The normalized spacial score (nSPS) is 13.5. The average molecular weight is 1040 g/mol. The minimum Gasteiger partial charge on any atom is -0.509 e. The van der Waals surface area contributed by atoms with Crippen molar-refractivity contribution in [2.24, 2.45) is 0 Å². The number of fused-ring (bicyclic) bond motifs is 3. The van der Waals surface area contributed by atoms with Gasteiger partial charge in [-0.15, -0.1) is 53.6 Å². The second-order valence-electron chi connectivity index (χ2n) is 20.9. The molecular formula is C59H59N4OPt-3. The predicted molar refractivity (Wildman–Crippen MR) is 268 cm³/mol. The number of ether oxygens (including phenoxy) is 1. The van der Waals surface area contributed by atoms with Gasteiger partial charge in [-0.05, 0) is 97.7 Å². The van der Waals surface area contributed by atoms with Gasteiger partial charge in [0.05, 0.1) is 0 Å². The zero-order chi connectivity index (χ0) is 45.2. The van der Waals surface area contributed by atoms with Gasteiger partial charge in [-0.3, -0.25) is 0 Å². The van der Waals surface area contributed by atoms with Crippen molar-refractivity contribution in [1.82, 2.24) is 9.55 Å². The summed E-state index contributed by atoms with van der Waals surface area (Å²) < 4.78 is 9.06. The van der Waals surface area contributed by atoms with Crippen molar-refractivity contribution >= 4 is 33.2 Å². The van der Waals surface area contributed by atoms with Crippen LogP contribution >= 0.6 is 0 Å². The largest absolute Gasteiger partial charge is 0.509 e. The first-order valence-corrected chi connectivity index (χ1v) is 22.4. The van der Waals surface area contributed by atoms with Crippen molar-refractivity contribution in [2.45, 2.75) is 97.8 Å². The summed E-state index contributed by atoms with van der Waals surface area (Å²) in [5.41, 5.74) is 12.1. The molecule has 3 heterocycles. The van der Waals surface area contributed by atoms with Gasteiger partial charge < -0.3 is 19.1 Å². The number of hydrogen-bond donors (Lipinski definition) is 0. The number of benzene rings is 6. The summed E-state index contributed by atoms with van der Waals surface area (Å²) in [6, 6.07) is 55.2. The molecule has 0 N–H and O–H groups in total. The molecule has 334 valence electrons. The SMILES string of the molecule is CC(C)(C)c1cc(N2C=CN(c3[c-]c(Oc4[c-]c5c(cc4)c4cc(C(C)(C)C)ccc4n5-c4cc(C(C)(C)C)ccn4)cc(-c4ccccc4)c3)[CH-]2)cc(C(C)(C)c2ccccc2)c1.[Pt]. The molecular weight excluding hydrogens is 976 g/mol. The first kappa shape index (κ1) is 45.7. The van der Waals surface area contributed by atoms with Crippen LogP contribution in [0.1, 0.15) is 104 Å². The molecule has 5 nitrogen and oxygen atoms in total. The van der Waals surface area contributed by atoms with E-state index in [1.165, 1.54) is 27.8 Å². The van der Waals surface area contributed by atoms with Crippen LogP contribution in [-0.4, -0.2) is 9.55 Å². The molecule has 1 aliphatic heterocycles. The van der Waals surface area contributed by atoms with Gasteiger partial charge in [-0.2, -0.15) is 6.07 Å². The number of hydrogen-bond acceptors (Lipinski definition) is 4. The molecule has 0 amide bonds. The molecule has 0 spiro atoms. The fraction of sp³-hybridized carbons (Fsp3) is 0.254. The molecule has 0 saturated carbocycles. The minimum absolute atomic E-state index is 0. The van der Waals surface area contributed by atoms with Crippen LogP contribution in [0.5, 0.6) is 11.5 Å². The van der Waals surface area contributed by atoms with E-state index in [-0.39, 0.29) is 42.7 Å². The van der Waals surface area contributed by atoms with Crippen LogP contribution in [0.15, 0.2) is 152 Å². The zero-order valence-corrected chi connectivity index (χ0v) is 41.8. The molecule has 0 unspecified atom stereocenters. The second-order valence-corrected chi connectivity index (χ2v) is 20.9. The Bertz CT molecular complexity index is 3030. The molecule has 6 heteroatoms. The van der Waals surface area contributed by atoms with E-state index in [1.54, 1.807) is 0 Å². The van der Waals surface area contributed by atoms with Crippen LogP contribution in [0.25, 0.3) is 38.8 Å². The maximum atomic E-state index is 6.83. The van der Waals surface area contributed by atoms with E-state index in [9.17, 15) is 0 Å². The molecule has 1 aliphatic rings. The summed E-state index contributed by atoms with van der Waals surface area (Å²) in [5, 5.41) is 2.26. The number of pyridine rings is 1. The van der Waals surface area contributed by atoms with E-state index in [2.05, 4.69) is 243 Å². The predicted octanol–water partition coefficient (Wildman–Crippen LogP) is 15.4. The van der Waals surface area contributed by atoms with Crippen LogP contribution < -0.4 is 14.5 Å². The quantitative estimate of drug-likeness (QED) is 0.142. The Kier molecular flexibility index (Phi) is 12.0.